The number of carbonyl (C=O) groups excluding carboxylic acids is 2. The number of aliphatic hydroxyl groups is 1. The van der Waals surface area contributed by atoms with Crippen molar-refractivity contribution in [2.24, 2.45) is 0 Å². The Balaban J connectivity index is 1.71. The van der Waals surface area contributed by atoms with Crippen LogP contribution in [-0.2, 0) is 16.1 Å². The zero-order chi connectivity index (χ0) is 22.0. The topological polar surface area (TPSA) is 77.0 Å². The molecule has 0 atom stereocenters. The monoisotopic (exact) mass is 420 g/mol. The summed E-state index contributed by atoms with van der Waals surface area (Å²) in [5, 5.41) is 9.22. The molecule has 162 valence electrons. The molecule has 1 aromatic heterocycles. The van der Waals surface area contributed by atoms with E-state index in [2.05, 4.69) is 9.88 Å². The minimum absolute atomic E-state index is 0.117. The Bertz CT molecular complexity index is 1010. The molecule has 4 rings (SSSR count). The Morgan fingerprint density at radius 3 is 2.42 bits per heavy atom. The van der Waals surface area contributed by atoms with E-state index in [1.807, 2.05) is 55.1 Å². The van der Waals surface area contributed by atoms with Gasteiger partial charge in [0.2, 0.25) is 0 Å². The van der Waals surface area contributed by atoms with Gasteiger partial charge in [-0.1, -0.05) is 29.8 Å². The first-order chi connectivity index (χ1) is 15.0. The summed E-state index contributed by atoms with van der Waals surface area (Å²) in [6, 6.07) is 11.4. The van der Waals surface area contributed by atoms with Crippen molar-refractivity contribution in [3.05, 3.63) is 70.7 Å². The van der Waals surface area contributed by atoms with Crippen molar-refractivity contribution in [3.63, 3.8) is 0 Å². The molecule has 3 heterocycles. The number of imide groups is 1. The van der Waals surface area contributed by atoms with Crippen LogP contribution in [0.25, 0.3) is 5.57 Å². The minimum atomic E-state index is -0.268. The van der Waals surface area contributed by atoms with Crippen LogP contribution in [0.3, 0.4) is 0 Å². The number of hydrogen-bond acceptors (Lipinski definition) is 6. The number of amides is 2. The van der Waals surface area contributed by atoms with E-state index < -0.39 is 0 Å². The highest BCUT2D eigenvalue weighted by molar-refractivity contribution is 6.35. The third-order valence-corrected chi connectivity index (χ3v) is 5.95. The number of aliphatic hydroxyl groups excluding tert-OH is 1. The molecule has 1 saturated heterocycles. The molecule has 2 amide bonds. The molecule has 7 heteroatoms. The Hall–Kier alpha value is -3.03. The Kier molecular flexibility index (Phi) is 6.15. The SMILES string of the molecule is Cc1ccc(C2=C(N3CCN(CCO)CC3)C(=O)N(Cc3ccccn3)C2=O)c(C)c1. The highest BCUT2D eigenvalue weighted by Crippen LogP contribution is 2.34. The Morgan fingerprint density at radius 1 is 1.00 bits per heavy atom. The summed E-state index contributed by atoms with van der Waals surface area (Å²) < 4.78 is 0. The normalized spacial score (nSPS) is 17.8. The predicted octanol–water partition coefficient (Wildman–Crippen LogP) is 1.59. The van der Waals surface area contributed by atoms with Gasteiger partial charge in [0, 0.05) is 38.9 Å². The fourth-order valence-corrected chi connectivity index (χ4v) is 4.33. The number of aryl methyl sites for hydroxylation is 2. The van der Waals surface area contributed by atoms with Crippen molar-refractivity contribution >= 4 is 17.4 Å². The Labute approximate surface area is 182 Å². The molecule has 0 spiro atoms. The summed E-state index contributed by atoms with van der Waals surface area (Å²) in [6.45, 7) is 7.65. The van der Waals surface area contributed by atoms with Crippen LogP contribution in [0, 0.1) is 13.8 Å². The van der Waals surface area contributed by atoms with Crippen molar-refractivity contribution < 1.29 is 14.7 Å². The first kappa shape index (κ1) is 21.2. The zero-order valence-corrected chi connectivity index (χ0v) is 18.0. The highest BCUT2D eigenvalue weighted by Gasteiger charge is 2.42. The standard InChI is InChI=1S/C24H28N4O3/c1-17-6-7-20(18(2)15-17)21-22(27-11-9-26(10-12-27)13-14-29)24(31)28(23(21)30)16-19-5-3-4-8-25-19/h3-8,15,29H,9-14,16H2,1-2H3. The van der Waals surface area contributed by atoms with Crippen LogP contribution in [0.2, 0.25) is 0 Å². The Morgan fingerprint density at radius 2 is 1.77 bits per heavy atom. The molecule has 2 aliphatic rings. The number of aromatic nitrogens is 1. The van der Waals surface area contributed by atoms with E-state index in [-0.39, 0.29) is 25.0 Å². The minimum Gasteiger partial charge on any atom is -0.395 e. The number of rotatable bonds is 6. The largest absolute Gasteiger partial charge is 0.395 e. The van der Waals surface area contributed by atoms with Crippen molar-refractivity contribution in [2.45, 2.75) is 20.4 Å². The fourth-order valence-electron chi connectivity index (χ4n) is 4.33. The average Bonchev–Trinajstić information content (AvgIpc) is 3.00. The molecule has 2 aliphatic heterocycles. The lowest BCUT2D eigenvalue weighted by Gasteiger charge is -2.36. The number of piperazine rings is 1. The van der Waals surface area contributed by atoms with Crippen LogP contribution in [0.4, 0.5) is 0 Å². The van der Waals surface area contributed by atoms with E-state index >= 15 is 0 Å². The van der Waals surface area contributed by atoms with Gasteiger partial charge in [0.05, 0.1) is 24.4 Å². The lowest BCUT2D eigenvalue weighted by molar-refractivity contribution is -0.138. The van der Waals surface area contributed by atoms with Gasteiger partial charge in [-0.15, -0.1) is 0 Å². The van der Waals surface area contributed by atoms with Gasteiger partial charge in [-0.3, -0.25) is 24.4 Å². The molecule has 0 saturated carbocycles. The van der Waals surface area contributed by atoms with E-state index in [1.54, 1.807) is 6.20 Å². The maximum atomic E-state index is 13.5. The second kappa shape index (κ2) is 8.99. The molecule has 1 N–H and O–H groups in total. The first-order valence-electron chi connectivity index (χ1n) is 10.7. The van der Waals surface area contributed by atoms with E-state index in [0.717, 1.165) is 29.8 Å². The molecule has 7 nitrogen and oxygen atoms in total. The smallest absolute Gasteiger partial charge is 0.278 e. The molecule has 2 aromatic rings. The summed E-state index contributed by atoms with van der Waals surface area (Å²) in [6.07, 6.45) is 1.67. The lowest BCUT2D eigenvalue weighted by Crippen LogP contribution is -2.48. The predicted molar refractivity (Wildman–Crippen MR) is 118 cm³/mol. The summed E-state index contributed by atoms with van der Waals surface area (Å²) in [5.41, 5.74) is 4.54. The molecule has 0 aliphatic carbocycles. The second-order valence-corrected chi connectivity index (χ2v) is 8.11. The van der Waals surface area contributed by atoms with Crippen molar-refractivity contribution in [2.75, 3.05) is 39.3 Å². The highest BCUT2D eigenvalue weighted by atomic mass is 16.3. The van der Waals surface area contributed by atoms with E-state index in [9.17, 15) is 14.7 Å². The molecule has 0 unspecified atom stereocenters. The van der Waals surface area contributed by atoms with Crippen LogP contribution in [0.1, 0.15) is 22.4 Å². The van der Waals surface area contributed by atoms with Gasteiger partial charge >= 0.3 is 0 Å². The number of carbonyl (C=O) groups is 2. The molecule has 0 bridgehead atoms. The van der Waals surface area contributed by atoms with Crippen LogP contribution < -0.4 is 0 Å². The van der Waals surface area contributed by atoms with E-state index in [1.165, 1.54) is 4.90 Å². The second-order valence-electron chi connectivity index (χ2n) is 8.11. The quantitative estimate of drug-likeness (QED) is 0.716. The van der Waals surface area contributed by atoms with Gasteiger partial charge < -0.3 is 10.0 Å². The van der Waals surface area contributed by atoms with Gasteiger partial charge in [0.1, 0.15) is 5.70 Å². The average molecular weight is 421 g/mol. The zero-order valence-electron chi connectivity index (χ0n) is 18.0. The van der Waals surface area contributed by atoms with Crippen LogP contribution in [-0.4, -0.2) is 75.9 Å². The summed E-state index contributed by atoms with van der Waals surface area (Å²) in [5.74, 6) is -0.531. The molecule has 1 fully saturated rings. The maximum Gasteiger partial charge on any atom is 0.278 e. The number of nitrogens with zero attached hydrogens (tertiary/aromatic N) is 4. The molecule has 31 heavy (non-hydrogen) atoms. The number of benzene rings is 1. The number of hydrogen-bond donors (Lipinski definition) is 1. The third kappa shape index (κ3) is 4.24. The van der Waals surface area contributed by atoms with Crippen molar-refractivity contribution in [1.29, 1.82) is 0 Å². The van der Waals surface area contributed by atoms with Crippen LogP contribution >= 0.6 is 0 Å². The lowest BCUT2D eigenvalue weighted by atomic mass is 9.97. The fraction of sp³-hybridized carbons (Fsp3) is 0.375. The molecule has 0 radical (unpaired) electrons. The summed E-state index contributed by atoms with van der Waals surface area (Å²) in [4.78, 5) is 36.8. The van der Waals surface area contributed by atoms with E-state index in [4.69, 9.17) is 0 Å². The van der Waals surface area contributed by atoms with Gasteiger partial charge in [-0.25, -0.2) is 0 Å². The van der Waals surface area contributed by atoms with Crippen LogP contribution in [0.15, 0.2) is 48.3 Å². The van der Waals surface area contributed by atoms with Crippen molar-refractivity contribution in [3.8, 4) is 0 Å². The van der Waals surface area contributed by atoms with Crippen molar-refractivity contribution in [1.82, 2.24) is 19.7 Å². The number of pyridine rings is 1. The summed E-state index contributed by atoms with van der Waals surface area (Å²) in [7, 11) is 0. The summed E-state index contributed by atoms with van der Waals surface area (Å²) >= 11 is 0. The third-order valence-electron chi connectivity index (χ3n) is 5.95. The van der Waals surface area contributed by atoms with E-state index in [0.29, 0.717) is 36.6 Å². The van der Waals surface area contributed by atoms with Gasteiger partial charge in [-0.05, 0) is 37.1 Å². The maximum absolute atomic E-state index is 13.5. The van der Waals surface area contributed by atoms with Crippen LogP contribution in [0.5, 0.6) is 0 Å². The molecular formula is C24H28N4O3. The molecular weight excluding hydrogens is 392 g/mol. The molecule has 1 aromatic carbocycles. The van der Waals surface area contributed by atoms with Gasteiger partial charge in [0.15, 0.2) is 0 Å². The number of β-amino-alcohol motifs (C(OH)–C–C–N with tert-alkyl or cyclic N) is 1. The van der Waals surface area contributed by atoms with Gasteiger partial charge in [0.25, 0.3) is 11.8 Å². The first-order valence-corrected chi connectivity index (χ1v) is 10.7. The van der Waals surface area contributed by atoms with Gasteiger partial charge in [-0.2, -0.15) is 0 Å².